The van der Waals surface area contributed by atoms with Crippen LogP contribution in [-0.2, 0) is 9.53 Å². The van der Waals surface area contributed by atoms with Crippen LogP contribution < -0.4 is 15.6 Å². The van der Waals surface area contributed by atoms with E-state index in [4.69, 9.17) is 9.47 Å². The molecule has 0 aliphatic heterocycles. The summed E-state index contributed by atoms with van der Waals surface area (Å²) in [7, 11) is 1.58. The first kappa shape index (κ1) is 19.3. The SMILES string of the molecule is COCCNC(=O)[C@@H](C)Oc1ccc2c(c1)c1ccnc3c4ccccc4c(=O)n2c13. The molecule has 5 rings (SSSR count). The quantitative estimate of drug-likeness (QED) is 0.340. The number of fused-ring (bicyclic) bond motifs is 5. The molecule has 2 aromatic carbocycles. The largest absolute Gasteiger partial charge is 0.481 e. The summed E-state index contributed by atoms with van der Waals surface area (Å²) >= 11 is 0. The van der Waals surface area contributed by atoms with Crippen molar-refractivity contribution in [2.75, 3.05) is 20.3 Å². The highest BCUT2D eigenvalue weighted by molar-refractivity contribution is 6.18. The van der Waals surface area contributed by atoms with Crippen LogP contribution in [0.3, 0.4) is 0 Å². The molecule has 31 heavy (non-hydrogen) atoms. The number of methoxy groups -OCH3 is 1. The third-order valence-electron chi connectivity index (χ3n) is 5.55. The average Bonchev–Trinajstić information content (AvgIpc) is 3.12. The Balaban J connectivity index is 1.63. The molecule has 0 saturated carbocycles. The molecule has 1 N–H and O–H groups in total. The second-order valence-corrected chi connectivity index (χ2v) is 7.46. The Morgan fingerprint density at radius 1 is 1.10 bits per heavy atom. The number of nitrogens with zero attached hydrogens (tertiary/aromatic N) is 2. The number of hydrogen-bond acceptors (Lipinski definition) is 5. The molecular formula is C24H21N3O4. The van der Waals surface area contributed by atoms with E-state index in [1.165, 1.54) is 0 Å². The number of carbonyl (C=O) groups excluding carboxylic acids is 1. The van der Waals surface area contributed by atoms with Crippen LogP contribution in [0.5, 0.6) is 5.75 Å². The summed E-state index contributed by atoms with van der Waals surface area (Å²) in [6.45, 7) is 2.57. The van der Waals surface area contributed by atoms with E-state index in [0.29, 0.717) is 24.3 Å². The lowest BCUT2D eigenvalue weighted by atomic mass is 10.1. The van der Waals surface area contributed by atoms with Gasteiger partial charge in [-0.3, -0.25) is 19.0 Å². The maximum atomic E-state index is 13.3. The highest BCUT2D eigenvalue weighted by atomic mass is 16.5. The molecule has 3 heterocycles. The third-order valence-corrected chi connectivity index (χ3v) is 5.55. The van der Waals surface area contributed by atoms with E-state index in [0.717, 1.165) is 32.7 Å². The number of hydrogen-bond donors (Lipinski definition) is 1. The van der Waals surface area contributed by atoms with Crippen LogP contribution in [0, 0.1) is 0 Å². The van der Waals surface area contributed by atoms with Crippen LogP contribution in [0.4, 0.5) is 0 Å². The summed E-state index contributed by atoms with van der Waals surface area (Å²) in [6.07, 6.45) is 1.09. The highest BCUT2D eigenvalue weighted by Crippen LogP contribution is 2.34. The van der Waals surface area contributed by atoms with Gasteiger partial charge in [-0.1, -0.05) is 18.2 Å². The van der Waals surface area contributed by atoms with E-state index in [2.05, 4.69) is 10.3 Å². The van der Waals surface area contributed by atoms with Gasteiger partial charge in [0.25, 0.3) is 11.5 Å². The molecular weight excluding hydrogens is 394 g/mol. The molecule has 7 heteroatoms. The number of ether oxygens (including phenoxy) is 2. The maximum absolute atomic E-state index is 13.3. The van der Waals surface area contributed by atoms with E-state index in [-0.39, 0.29) is 11.5 Å². The van der Waals surface area contributed by atoms with Crippen molar-refractivity contribution in [3.63, 3.8) is 0 Å². The van der Waals surface area contributed by atoms with Gasteiger partial charge in [0.1, 0.15) is 5.75 Å². The molecule has 0 radical (unpaired) electrons. The first-order chi connectivity index (χ1) is 15.1. The predicted octanol–water partition coefficient (Wildman–Crippen LogP) is 3.12. The van der Waals surface area contributed by atoms with Gasteiger partial charge in [-0.15, -0.1) is 0 Å². The Kier molecular flexibility index (Phi) is 4.67. The summed E-state index contributed by atoms with van der Waals surface area (Å²) in [5, 5.41) is 6.04. The molecule has 5 aromatic rings. The Morgan fingerprint density at radius 3 is 2.71 bits per heavy atom. The van der Waals surface area contributed by atoms with Crippen LogP contribution in [0.15, 0.2) is 59.5 Å². The van der Waals surface area contributed by atoms with Gasteiger partial charge in [-0.05, 0) is 37.3 Å². The van der Waals surface area contributed by atoms with Crippen LogP contribution in [-0.4, -0.2) is 41.7 Å². The zero-order chi connectivity index (χ0) is 21.5. The fourth-order valence-electron chi connectivity index (χ4n) is 4.10. The molecule has 0 unspecified atom stereocenters. The molecule has 0 bridgehead atoms. The van der Waals surface area contributed by atoms with Crippen molar-refractivity contribution in [1.82, 2.24) is 14.7 Å². The smallest absolute Gasteiger partial charge is 0.263 e. The molecule has 0 aliphatic rings. The van der Waals surface area contributed by atoms with Gasteiger partial charge in [0.05, 0.1) is 23.2 Å². The Labute approximate surface area is 177 Å². The lowest BCUT2D eigenvalue weighted by molar-refractivity contribution is -0.127. The van der Waals surface area contributed by atoms with Gasteiger partial charge in [0, 0.05) is 41.4 Å². The molecule has 0 saturated heterocycles. The minimum absolute atomic E-state index is 0.0735. The van der Waals surface area contributed by atoms with Gasteiger partial charge in [-0.25, -0.2) is 0 Å². The van der Waals surface area contributed by atoms with Crippen molar-refractivity contribution in [2.45, 2.75) is 13.0 Å². The zero-order valence-electron chi connectivity index (χ0n) is 17.2. The van der Waals surface area contributed by atoms with Crippen molar-refractivity contribution in [1.29, 1.82) is 0 Å². The average molecular weight is 415 g/mol. The molecule has 7 nitrogen and oxygen atoms in total. The monoisotopic (exact) mass is 415 g/mol. The lowest BCUT2D eigenvalue weighted by Crippen LogP contribution is -2.37. The van der Waals surface area contributed by atoms with E-state index in [1.54, 1.807) is 30.7 Å². The third kappa shape index (κ3) is 3.05. The highest BCUT2D eigenvalue weighted by Gasteiger charge is 2.19. The minimum Gasteiger partial charge on any atom is -0.481 e. The minimum atomic E-state index is -0.665. The van der Waals surface area contributed by atoms with Gasteiger partial charge in [0.15, 0.2) is 6.10 Å². The van der Waals surface area contributed by atoms with Gasteiger partial charge in [0.2, 0.25) is 0 Å². The fraction of sp³-hybridized carbons (Fsp3) is 0.208. The van der Waals surface area contributed by atoms with E-state index in [9.17, 15) is 9.59 Å². The number of amides is 1. The molecule has 1 amide bonds. The van der Waals surface area contributed by atoms with Gasteiger partial charge >= 0.3 is 0 Å². The van der Waals surface area contributed by atoms with Crippen LogP contribution in [0.1, 0.15) is 6.92 Å². The molecule has 0 aliphatic carbocycles. The molecule has 156 valence electrons. The topological polar surface area (TPSA) is 81.9 Å². The first-order valence-corrected chi connectivity index (χ1v) is 10.1. The molecule has 0 fully saturated rings. The zero-order valence-corrected chi connectivity index (χ0v) is 17.2. The number of nitrogens with one attached hydrogen (secondary N) is 1. The van der Waals surface area contributed by atoms with Crippen LogP contribution in [0.25, 0.3) is 38.1 Å². The van der Waals surface area contributed by atoms with Gasteiger partial charge in [-0.2, -0.15) is 0 Å². The van der Waals surface area contributed by atoms with Crippen molar-refractivity contribution in [3.05, 3.63) is 65.1 Å². The first-order valence-electron chi connectivity index (χ1n) is 10.1. The van der Waals surface area contributed by atoms with Crippen LogP contribution >= 0.6 is 0 Å². The van der Waals surface area contributed by atoms with E-state index in [1.807, 2.05) is 42.5 Å². The van der Waals surface area contributed by atoms with Crippen molar-refractivity contribution in [3.8, 4) is 5.75 Å². The lowest BCUT2D eigenvalue weighted by Gasteiger charge is -2.14. The Morgan fingerprint density at radius 2 is 1.90 bits per heavy atom. The Bertz CT molecular complexity index is 1490. The van der Waals surface area contributed by atoms with Crippen LogP contribution in [0.2, 0.25) is 0 Å². The van der Waals surface area contributed by atoms with Crippen molar-refractivity contribution in [2.24, 2.45) is 0 Å². The molecule has 1 atom stereocenters. The predicted molar refractivity (Wildman–Crippen MR) is 120 cm³/mol. The number of aromatic nitrogens is 2. The second-order valence-electron chi connectivity index (χ2n) is 7.46. The van der Waals surface area contributed by atoms with Crippen molar-refractivity contribution < 1.29 is 14.3 Å². The summed E-state index contributed by atoms with van der Waals surface area (Å²) in [4.78, 5) is 30.1. The molecule has 3 aromatic heterocycles. The van der Waals surface area contributed by atoms with Crippen molar-refractivity contribution >= 4 is 44.0 Å². The number of carbonyl (C=O) groups is 1. The Hall–Kier alpha value is -3.71. The number of benzene rings is 2. The summed E-state index contributed by atoms with van der Waals surface area (Å²) in [5.41, 5.74) is 2.30. The molecule has 0 spiro atoms. The number of rotatable bonds is 6. The summed E-state index contributed by atoms with van der Waals surface area (Å²) in [5.74, 6) is 0.345. The normalized spacial score (nSPS) is 12.7. The summed E-state index contributed by atoms with van der Waals surface area (Å²) < 4.78 is 12.5. The summed E-state index contributed by atoms with van der Waals surface area (Å²) in [6, 6.07) is 14.9. The van der Waals surface area contributed by atoms with Gasteiger partial charge < -0.3 is 14.8 Å². The fourth-order valence-corrected chi connectivity index (χ4v) is 4.10. The number of pyridine rings is 2. The van der Waals surface area contributed by atoms with E-state index >= 15 is 0 Å². The second kappa shape index (κ2) is 7.52. The maximum Gasteiger partial charge on any atom is 0.263 e. The standard InChI is InChI=1S/C24H21N3O4/c1-14(23(28)26-11-12-30-2)31-15-7-8-20-19(13-15)17-9-10-25-21-16-5-3-4-6-18(16)24(29)27(20)22(17)21/h3-10,13-14H,11-12H2,1-2H3,(H,26,28)/t14-/m1/s1. The van der Waals surface area contributed by atoms with E-state index < -0.39 is 6.10 Å².